The van der Waals surface area contributed by atoms with Crippen molar-refractivity contribution in [2.75, 3.05) is 7.11 Å². The van der Waals surface area contributed by atoms with Crippen LogP contribution in [-0.2, 0) is 9.53 Å². The van der Waals surface area contributed by atoms with Crippen molar-refractivity contribution in [2.24, 2.45) is 0 Å². The van der Waals surface area contributed by atoms with Gasteiger partial charge in [-0.1, -0.05) is 12.1 Å². The average molecular weight is 378 g/mol. The second kappa shape index (κ2) is 6.64. The highest BCUT2D eigenvalue weighted by Gasteiger charge is 2.38. The molecule has 0 unspecified atom stereocenters. The van der Waals surface area contributed by atoms with E-state index in [1.807, 2.05) is 13.8 Å². The van der Waals surface area contributed by atoms with Crippen molar-refractivity contribution < 1.29 is 28.6 Å². The summed E-state index contributed by atoms with van der Waals surface area (Å²) in [6.45, 7) is 3.63. The van der Waals surface area contributed by atoms with Crippen LogP contribution in [0.2, 0.25) is 0 Å². The van der Waals surface area contributed by atoms with Crippen LogP contribution in [-0.4, -0.2) is 24.8 Å². The molecule has 0 N–H and O–H groups in total. The predicted octanol–water partition coefficient (Wildman–Crippen LogP) is 3.78. The third-order valence-electron chi connectivity index (χ3n) is 4.94. The van der Waals surface area contributed by atoms with Crippen LogP contribution < -0.4 is 9.47 Å². The first-order valence-corrected chi connectivity index (χ1v) is 8.86. The van der Waals surface area contributed by atoms with Crippen LogP contribution in [0.15, 0.2) is 47.7 Å². The summed E-state index contributed by atoms with van der Waals surface area (Å²) in [7, 11) is 1.32. The molecule has 142 valence electrons. The number of allylic oxidation sites excluding steroid dienone is 2. The number of ether oxygens (including phenoxy) is 3. The van der Waals surface area contributed by atoms with Gasteiger partial charge < -0.3 is 14.2 Å². The van der Waals surface area contributed by atoms with E-state index in [1.54, 1.807) is 36.4 Å². The molecule has 0 saturated carbocycles. The molecule has 2 aromatic rings. The van der Waals surface area contributed by atoms with Gasteiger partial charge in [0.05, 0.1) is 24.7 Å². The Morgan fingerprint density at radius 1 is 1.04 bits per heavy atom. The Kier molecular flexibility index (Phi) is 4.26. The van der Waals surface area contributed by atoms with E-state index in [0.29, 0.717) is 33.9 Å². The van der Waals surface area contributed by atoms with Crippen molar-refractivity contribution in [3.8, 4) is 11.5 Å². The number of ketones is 1. The van der Waals surface area contributed by atoms with E-state index in [9.17, 15) is 14.4 Å². The van der Waals surface area contributed by atoms with Gasteiger partial charge in [0.1, 0.15) is 11.5 Å². The Morgan fingerprint density at radius 3 is 2.39 bits per heavy atom. The zero-order valence-corrected chi connectivity index (χ0v) is 15.7. The lowest BCUT2D eigenvalue weighted by atomic mass is 9.84. The van der Waals surface area contributed by atoms with Gasteiger partial charge in [-0.25, -0.2) is 4.79 Å². The normalized spacial score (nSPS) is 17.4. The van der Waals surface area contributed by atoms with Crippen LogP contribution in [0.5, 0.6) is 11.5 Å². The molecular weight excluding hydrogens is 360 g/mol. The van der Waals surface area contributed by atoms with Crippen molar-refractivity contribution in [1.82, 2.24) is 0 Å². The van der Waals surface area contributed by atoms with Gasteiger partial charge in [-0.3, -0.25) is 9.59 Å². The molecule has 0 amide bonds. The molecule has 0 bridgehead atoms. The van der Waals surface area contributed by atoms with Gasteiger partial charge in [0.2, 0.25) is 5.78 Å². The Balaban J connectivity index is 1.83. The first-order chi connectivity index (χ1) is 13.4. The molecule has 2 aromatic carbocycles. The minimum Gasteiger partial charge on any atom is -0.465 e. The lowest BCUT2D eigenvalue weighted by Gasteiger charge is -2.26. The standard InChI is InChI=1S/C22H18O6/c1-11(2)20-19(24)14-8-9-16-18(21(14)28-20)15(10-17(23)27-16)12-4-6-13(7-5-12)22(25)26-3/h4-9,15H,10H2,1-3H3/t15-/m0/s1. The fourth-order valence-corrected chi connectivity index (χ4v) is 3.58. The highest BCUT2D eigenvalue weighted by atomic mass is 16.5. The van der Waals surface area contributed by atoms with Crippen LogP contribution in [0.4, 0.5) is 0 Å². The third-order valence-corrected chi connectivity index (χ3v) is 4.94. The Hall–Kier alpha value is -3.41. The SMILES string of the molecule is COC(=O)c1ccc([C@@H]2CC(=O)Oc3ccc4c(c32)OC(=C(C)C)C4=O)cc1. The molecule has 2 aliphatic rings. The van der Waals surface area contributed by atoms with Crippen molar-refractivity contribution in [1.29, 1.82) is 0 Å². The number of benzene rings is 2. The second-order valence-electron chi connectivity index (χ2n) is 6.96. The zero-order valence-electron chi connectivity index (χ0n) is 15.7. The molecular formula is C22H18O6. The number of hydrogen-bond acceptors (Lipinski definition) is 6. The number of esters is 2. The fourth-order valence-electron chi connectivity index (χ4n) is 3.58. The molecule has 0 saturated heterocycles. The highest BCUT2D eigenvalue weighted by molar-refractivity contribution is 6.13. The number of Topliss-reactive ketones (excluding diaryl/α,β-unsaturated/α-hetero) is 1. The van der Waals surface area contributed by atoms with E-state index >= 15 is 0 Å². The number of carbonyl (C=O) groups is 3. The van der Waals surface area contributed by atoms with E-state index in [4.69, 9.17) is 14.2 Å². The lowest BCUT2D eigenvalue weighted by molar-refractivity contribution is -0.135. The van der Waals surface area contributed by atoms with Crippen LogP contribution >= 0.6 is 0 Å². The van der Waals surface area contributed by atoms with E-state index < -0.39 is 5.97 Å². The minimum atomic E-state index is -0.432. The molecule has 0 aromatic heterocycles. The van der Waals surface area contributed by atoms with Crippen LogP contribution in [0, 0.1) is 0 Å². The maximum atomic E-state index is 12.6. The van der Waals surface area contributed by atoms with Gasteiger partial charge in [-0.05, 0) is 49.2 Å². The first kappa shape index (κ1) is 18.0. The summed E-state index contributed by atoms with van der Waals surface area (Å²) in [4.78, 5) is 36.5. The Bertz CT molecular complexity index is 1040. The molecule has 2 heterocycles. The number of rotatable bonds is 2. The van der Waals surface area contributed by atoms with Gasteiger partial charge in [-0.15, -0.1) is 0 Å². The fraction of sp³-hybridized carbons (Fsp3) is 0.227. The molecule has 1 atom stereocenters. The monoisotopic (exact) mass is 378 g/mol. The molecule has 0 spiro atoms. The van der Waals surface area contributed by atoms with Gasteiger partial charge in [-0.2, -0.15) is 0 Å². The summed E-state index contributed by atoms with van der Waals surface area (Å²) in [6, 6.07) is 10.1. The van der Waals surface area contributed by atoms with Crippen molar-refractivity contribution in [2.45, 2.75) is 26.2 Å². The van der Waals surface area contributed by atoms with Crippen LogP contribution in [0.25, 0.3) is 0 Å². The quantitative estimate of drug-likeness (QED) is 0.450. The highest BCUT2D eigenvalue weighted by Crippen LogP contribution is 2.49. The predicted molar refractivity (Wildman–Crippen MR) is 99.7 cm³/mol. The molecule has 0 fully saturated rings. The smallest absolute Gasteiger partial charge is 0.337 e. The van der Waals surface area contributed by atoms with Gasteiger partial charge >= 0.3 is 11.9 Å². The number of carbonyl (C=O) groups excluding carboxylic acids is 3. The van der Waals surface area contributed by atoms with E-state index in [-0.39, 0.29) is 24.1 Å². The molecule has 0 radical (unpaired) electrons. The maximum Gasteiger partial charge on any atom is 0.337 e. The van der Waals surface area contributed by atoms with Gasteiger partial charge in [0.15, 0.2) is 5.76 Å². The molecule has 6 heteroatoms. The van der Waals surface area contributed by atoms with Crippen molar-refractivity contribution in [3.05, 3.63) is 70.0 Å². The minimum absolute atomic E-state index is 0.114. The van der Waals surface area contributed by atoms with Crippen molar-refractivity contribution >= 4 is 17.7 Å². The lowest BCUT2D eigenvalue weighted by Crippen LogP contribution is -2.21. The summed E-state index contributed by atoms with van der Waals surface area (Å²) in [5, 5.41) is 0. The summed E-state index contributed by atoms with van der Waals surface area (Å²) in [6.07, 6.45) is 0.114. The zero-order chi connectivity index (χ0) is 20.0. The second-order valence-corrected chi connectivity index (χ2v) is 6.96. The molecule has 4 rings (SSSR count). The van der Waals surface area contributed by atoms with E-state index in [2.05, 4.69) is 0 Å². The summed E-state index contributed by atoms with van der Waals surface area (Å²) < 4.78 is 16.0. The summed E-state index contributed by atoms with van der Waals surface area (Å²) >= 11 is 0. The number of methoxy groups -OCH3 is 1. The summed E-state index contributed by atoms with van der Waals surface area (Å²) in [5.74, 6) is -0.177. The summed E-state index contributed by atoms with van der Waals surface area (Å²) in [5.41, 5.74) is 3.15. The largest absolute Gasteiger partial charge is 0.465 e. The molecule has 2 aliphatic heterocycles. The first-order valence-electron chi connectivity index (χ1n) is 8.86. The van der Waals surface area contributed by atoms with Gasteiger partial charge in [0.25, 0.3) is 0 Å². The van der Waals surface area contributed by atoms with Crippen LogP contribution in [0.1, 0.15) is 58.0 Å². The third kappa shape index (κ3) is 2.78. The van der Waals surface area contributed by atoms with E-state index in [1.165, 1.54) is 7.11 Å². The maximum absolute atomic E-state index is 12.6. The molecule has 0 aliphatic carbocycles. The molecule has 28 heavy (non-hydrogen) atoms. The Morgan fingerprint density at radius 2 is 1.75 bits per heavy atom. The number of fused-ring (bicyclic) bond motifs is 3. The topological polar surface area (TPSA) is 78.9 Å². The molecule has 6 nitrogen and oxygen atoms in total. The van der Waals surface area contributed by atoms with Crippen molar-refractivity contribution in [3.63, 3.8) is 0 Å². The van der Waals surface area contributed by atoms with E-state index in [0.717, 1.165) is 11.1 Å². The van der Waals surface area contributed by atoms with Gasteiger partial charge in [0, 0.05) is 11.5 Å². The average Bonchev–Trinajstić information content (AvgIpc) is 3.03. The Labute approximate surface area is 161 Å². The van der Waals surface area contributed by atoms with Crippen LogP contribution in [0.3, 0.4) is 0 Å². The number of hydrogen-bond donors (Lipinski definition) is 0.